The van der Waals surface area contributed by atoms with Crippen molar-refractivity contribution in [2.75, 3.05) is 6.79 Å². The monoisotopic (exact) mass is 486 g/mol. The Morgan fingerprint density at radius 3 is 2.64 bits per heavy atom. The van der Waals surface area contributed by atoms with Crippen LogP contribution in [0.4, 0.5) is 0 Å². The van der Waals surface area contributed by atoms with E-state index in [1.807, 2.05) is 28.9 Å². The summed E-state index contributed by atoms with van der Waals surface area (Å²) in [6.07, 6.45) is 6.78. The second-order valence-corrected chi connectivity index (χ2v) is 9.67. The number of nitrogens with one attached hydrogen (secondary N) is 1. The van der Waals surface area contributed by atoms with Gasteiger partial charge in [-0.2, -0.15) is 0 Å². The maximum Gasteiger partial charge on any atom is 0.252 e. The third-order valence-electron chi connectivity index (χ3n) is 7.28. The third kappa shape index (κ3) is 4.83. The number of pyridine rings is 1. The molecule has 1 N–H and O–H groups in total. The molecule has 0 unspecified atom stereocenters. The molecule has 1 fully saturated rings. The maximum absolute atomic E-state index is 13.1. The standard InChI is InChI=1S/C27H30N6O3/c34-27-21(13-20-14-24-25(36-18-35-24)15-23(20)28-27)16-32(22-9-5-2-6-10-22)17-26-29-30-31-33(26)12-11-19-7-3-1-4-8-19/h1,3-4,7-8,13-15,22H,2,5-6,9-12,16-18H2,(H,28,34). The highest BCUT2D eigenvalue weighted by Gasteiger charge is 2.25. The first-order valence-electron chi connectivity index (χ1n) is 12.7. The van der Waals surface area contributed by atoms with Crippen molar-refractivity contribution in [3.63, 3.8) is 0 Å². The summed E-state index contributed by atoms with van der Waals surface area (Å²) < 4.78 is 12.9. The summed E-state index contributed by atoms with van der Waals surface area (Å²) in [6, 6.07) is 16.5. The van der Waals surface area contributed by atoms with E-state index in [1.165, 1.54) is 24.8 Å². The number of aromatic nitrogens is 5. The molecule has 9 nitrogen and oxygen atoms in total. The van der Waals surface area contributed by atoms with Gasteiger partial charge in [0.15, 0.2) is 17.3 Å². The highest BCUT2D eigenvalue weighted by atomic mass is 16.7. The molecule has 1 saturated carbocycles. The minimum atomic E-state index is -0.0779. The van der Waals surface area contributed by atoms with E-state index in [0.717, 1.165) is 41.6 Å². The van der Waals surface area contributed by atoms with Gasteiger partial charge in [0.25, 0.3) is 5.56 Å². The van der Waals surface area contributed by atoms with Gasteiger partial charge in [-0.3, -0.25) is 9.69 Å². The molecule has 2 aromatic heterocycles. The molecule has 2 aliphatic rings. The molecule has 0 spiro atoms. The first-order chi connectivity index (χ1) is 17.7. The Morgan fingerprint density at radius 1 is 1.00 bits per heavy atom. The topological polar surface area (TPSA) is 98.2 Å². The number of hydrogen-bond donors (Lipinski definition) is 1. The summed E-state index contributed by atoms with van der Waals surface area (Å²) in [5.41, 5.74) is 2.66. The summed E-state index contributed by atoms with van der Waals surface area (Å²) in [5.74, 6) is 2.20. The van der Waals surface area contributed by atoms with Crippen LogP contribution < -0.4 is 15.0 Å². The Balaban J connectivity index is 1.25. The van der Waals surface area contributed by atoms with Crippen molar-refractivity contribution in [1.82, 2.24) is 30.1 Å². The number of nitrogens with zero attached hydrogens (tertiary/aromatic N) is 5. The molecule has 0 saturated heterocycles. The lowest BCUT2D eigenvalue weighted by Crippen LogP contribution is -2.38. The average molecular weight is 487 g/mol. The second-order valence-electron chi connectivity index (χ2n) is 9.67. The Morgan fingerprint density at radius 2 is 1.81 bits per heavy atom. The van der Waals surface area contributed by atoms with Crippen LogP contribution in [0.5, 0.6) is 11.5 Å². The van der Waals surface area contributed by atoms with Crippen molar-refractivity contribution < 1.29 is 9.47 Å². The Kier molecular flexibility index (Phi) is 6.38. The lowest BCUT2D eigenvalue weighted by molar-refractivity contribution is 0.133. The lowest BCUT2D eigenvalue weighted by atomic mass is 9.93. The Labute approximate surface area is 209 Å². The van der Waals surface area contributed by atoms with E-state index in [9.17, 15) is 4.79 Å². The molecule has 0 bridgehead atoms. The van der Waals surface area contributed by atoms with Crippen LogP contribution in [0.25, 0.3) is 10.9 Å². The van der Waals surface area contributed by atoms with Crippen LogP contribution in [-0.4, -0.2) is 42.9 Å². The van der Waals surface area contributed by atoms with E-state index >= 15 is 0 Å². The lowest BCUT2D eigenvalue weighted by Gasteiger charge is -2.33. The summed E-state index contributed by atoms with van der Waals surface area (Å²) in [7, 11) is 0. The highest BCUT2D eigenvalue weighted by Crippen LogP contribution is 2.35. The number of ether oxygens (including phenoxy) is 2. The van der Waals surface area contributed by atoms with Crippen LogP contribution in [0.3, 0.4) is 0 Å². The Hall–Kier alpha value is -3.72. The predicted molar refractivity (Wildman–Crippen MR) is 135 cm³/mol. The molecule has 0 amide bonds. The molecular formula is C27H30N6O3. The number of aryl methyl sites for hydroxylation is 2. The first kappa shape index (κ1) is 22.7. The number of aromatic amines is 1. The second kappa shape index (κ2) is 10.1. The van der Waals surface area contributed by atoms with Crippen molar-refractivity contribution in [3.05, 3.63) is 75.8 Å². The predicted octanol–water partition coefficient (Wildman–Crippen LogP) is 3.82. The molecular weight excluding hydrogens is 456 g/mol. The first-order valence-corrected chi connectivity index (χ1v) is 12.7. The van der Waals surface area contributed by atoms with Gasteiger partial charge in [0.1, 0.15) is 0 Å². The van der Waals surface area contributed by atoms with Gasteiger partial charge in [-0.15, -0.1) is 5.10 Å². The number of hydrogen-bond acceptors (Lipinski definition) is 7. The van der Waals surface area contributed by atoms with Crippen molar-refractivity contribution in [2.45, 2.75) is 64.2 Å². The molecule has 9 heteroatoms. The molecule has 0 atom stereocenters. The maximum atomic E-state index is 13.1. The van der Waals surface area contributed by atoms with E-state index in [0.29, 0.717) is 37.2 Å². The number of benzene rings is 2. The van der Waals surface area contributed by atoms with Gasteiger partial charge < -0.3 is 14.5 Å². The Bertz CT molecular complexity index is 1390. The zero-order valence-corrected chi connectivity index (χ0v) is 20.2. The number of rotatable bonds is 8. The molecule has 1 aliphatic heterocycles. The van der Waals surface area contributed by atoms with Gasteiger partial charge in [0, 0.05) is 36.1 Å². The quantitative estimate of drug-likeness (QED) is 0.404. The van der Waals surface area contributed by atoms with Gasteiger partial charge in [0.05, 0.1) is 12.1 Å². The fraction of sp³-hybridized carbons (Fsp3) is 0.407. The van der Waals surface area contributed by atoms with E-state index in [-0.39, 0.29) is 12.4 Å². The number of fused-ring (bicyclic) bond motifs is 2. The fourth-order valence-electron chi connectivity index (χ4n) is 5.31. The average Bonchev–Trinajstić information content (AvgIpc) is 3.56. The largest absolute Gasteiger partial charge is 0.454 e. The zero-order valence-electron chi connectivity index (χ0n) is 20.2. The van der Waals surface area contributed by atoms with Gasteiger partial charge in [-0.1, -0.05) is 49.6 Å². The van der Waals surface area contributed by atoms with Gasteiger partial charge >= 0.3 is 0 Å². The summed E-state index contributed by atoms with van der Waals surface area (Å²) in [4.78, 5) is 18.5. The third-order valence-corrected chi connectivity index (χ3v) is 7.28. The molecule has 3 heterocycles. The molecule has 2 aromatic carbocycles. The summed E-state index contributed by atoms with van der Waals surface area (Å²) in [5, 5.41) is 13.5. The van der Waals surface area contributed by atoms with E-state index < -0.39 is 0 Å². The van der Waals surface area contributed by atoms with Crippen LogP contribution in [0.2, 0.25) is 0 Å². The summed E-state index contributed by atoms with van der Waals surface area (Å²) >= 11 is 0. The minimum Gasteiger partial charge on any atom is -0.454 e. The molecule has 1 aliphatic carbocycles. The molecule has 6 rings (SSSR count). The van der Waals surface area contributed by atoms with Crippen molar-refractivity contribution in [3.8, 4) is 11.5 Å². The number of tetrazole rings is 1. The smallest absolute Gasteiger partial charge is 0.252 e. The van der Waals surface area contributed by atoms with E-state index in [1.54, 1.807) is 0 Å². The van der Waals surface area contributed by atoms with E-state index in [2.05, 4.69) is 49.7 Å². The molecule has 186 valence electrons. The SMILES string of the molecule is O=c1[nH]c2cc3c(cc2cc1CN(Cc1nnnn1CCc1ccccc1)C1CCCCC1)OCO3. The van der Waals surface area contributed by atoms with Crippen LogP contribution >= 0.6 is 0 Å². The van der Waals surface area contributed by atoms with Crippen molar-refractivity contribution in [1.29, 1.82) is 0 Å². The highest BCUT2D eigenvalue weighted by molar-refractivity contribution is 5.83. The van der Waals surface area contributed by atoms with Crippen LogP contribution in [0.15, 0.2) is 53.3 Å². The van der Waals surface area contributed by atoms with Crippen LogP contribution in [0.1, 0.15) is 49.1 Å². The van der Waals surface area contributed by atoms with Gasteiger partial charge in [-0.05, 0) is 47.4 Å². The molecule has 0 radical (unpaired) electrons. The van der Waals surface area contributed by atoms with Gasteiger partial charge in [0.2, 0.25) is 6.79 Å². The molecule has 36 heavy (non-hydrogen) atoms. The normalized spacial score (nSPS) is 15.7. The minimum absolute atomic E-state index is 0.0779. The van der Waals surface area contributed by atoms with Crippen LogP contribution in [0, 0.1) is 0 Å². The zero-order chi connectivity index (χ0) is 24.3. The molecule has 4 aromatic rings. The van der Waals surface area contributed by atoms with Crippen molar-refractivity contribution >= 4 is 10.9 Å². The van der Waals surface area contributed by atoms with Crippen LogP contribution in [-0.2, 0) is 26.1 Å². The van der Waals surface area contributed by atoms with Gasteiger partial charge in [-0.25, -0.2) is 4.68 Å². The number of H-pyrrole nitrogens is 1. The van der Waals surface area contributed by atoms with E-state index in [4.69, 9.17) is 9.47 Å². The fourth-order valence-corrected chi connectivity index (χ4v) is 5.31. The van der Waals surface area contributed by atoms with Crippen molar-refractivity contribution in [2.24, 2.45) is 0 Å². The summed E-state index contributed by atoms with van der Waals surface area (Å²) in [6.45, 7) is 2.06.